The molecular formula is C15H17N3O3. The summed E-state index contributed by atoms with van der Waals surface area (Å²) in [6.07, 6.45) is 1.40. The summed E-state index contributed by atoms with van der Waals surface area (Å²) in [5, 5.41) is 2.67. The Balaban J connectivity index is 2.21. The van der Waals surface area contributed by atoms with Crippen LogP contribution in [0, 0.1) is 6.92 Å². The molecule has 0 unspecified atom stereocenters. The van der Waals surface area contributed by atoms with E-state index in [-0.39, 0.29) is 11.0 Å². The van der Waals surface area contributed by atoms with Crippen molar-refractivity contribution in [1.29, 1.82) is 0 Å². The maximum atomic E-state index is 12.2. The van der Waals surface area contributed by atoms with Crippen LogP contribution in [-0.2, 0) is 0 Å². The summed E-state index contributed by atoms with van der Waals surface area (Å²) in [4.78, 5) is 26.8. The molecule has 1 heterocycles. The molecule has 1 aromatic heterocycles. The van der Waals surface area contributed by atoms with Crippen molar-refractivity contribution in [1.82, 2.24) is 4.98 Å². The summed E-state index contributed by atoms with van der Waals surface area (Å²) in [5.41, 5.74) is 6.31. The molecule has 0 atom stereocenters. The summed E-state index contributed by atoms with van der Waals surface area (Å²) in [7, 11) is 0. The van der Waals surface area contributed by atoms with Crippen molar-refractivity contribution in [2.45, 2.75) is 6.92 Å². The van der Waals surface area contributed by atoms with Gasteiger partial charge in [-0.3, -0.25) is 9.59 Å². The van der Waals surface area contributed by atoms with Gasteiger partial charge in [0.25, 0.3) is 5.91 Å². The van der Waals surface area contributed by atoms with Crippen LogP contribution in [0.15, 0.2) is 41.3 Å². The Kier molecular flexibility index (Phi) is 4.73. The number of nitrogens with one attached hydrogen (secondary N) is 2. The Morgan fingerprint density at radius 3 is 2.86 bits per heavy atom. The summed E-state index contributed by atoms with van der Waals surface area (Å²) in [6.45, 7) is 2.47. The van der Waals surface area contributed by atoms with Gasteiger partial charge in [0.1, 0.15) is 17.9 Å². The van der Waals surface area contributed by atoms with Gasteiger partial charge < -0.3 is 20.8 Å². The van der Waals surface area contributed by atoms with Crippen molar-refractivity contribution in [2.24, 2.45) is 5.73 Å². The standard InChI is InChI=1S/C15H17N3O3/c1-10-8-13(19)11(9-17-10)15(20)18-12-4-2-3-5-14(12)21-7-6-16/h2-5,8-9H,6-7,16H2,1H3,(H,17,19)(H,18,20). The third-order valence-corrected chi connectivity index (χ3v) is 2.81. The lowest BCUT2D eigenvalue weighted by atomic mass is 10.2. The van der Waals surface area contributed by atoms with Crippen LogP contribution >= 0.6 is 0 Å². The van der Waals surface area contributed by atoms with E-state index in [9.17, 15) is 9.59 Å². The normalized spacial score (nSPS) is 10.2. The van der Waals surface area contributed by atoms with Crippen molar-refractivity contribution >= 4 is 11.6 Å². The minimum absolute atomic E-state index is 0.0502. The van der Waals surface area contributed by atoms with Crippen molar-refractivity contribution in [2.75, 3.05) is 18.5 Å². The molecule has 0 fully saturated rings. The third kappa shape index (κ3) is 3.70. The van der Waals surface area contributed by atoms with Gasteiger partial charge in [0.2, 0.25) is 0 Å². The van der Waals surface area contributed by atoms with E-state index in [1.165, 1.54) is 12.3 Å². The molecule has 2 aromatic rings. The lowest BCUT2D eigenvalue weighted by molar-refractivity contribution is 0.102. The first-order chi connectivity index (χ1) is 10.1. The molecule has 0 aliphatic rings. The number of hydrogen-bond acceptors (Lipinski definition) is 4. The van der Waals surface area contributed by atoms with Crippen LogP contribution in [0.5, 0.6) is 5.75 Å². The molecular weight excluding hydrogens is 270 g/mol. The zero-order valence-corrected chi connectivity index (χ0v) is 11.7. The van der Waals surface area contributed by atoms with E-state index in [1.807, 2.05) is 0 Å². The van der Waals surface area contributed by atoms with Gasteiger partial charge in [0, 0.05) is 24.5 Å². The van der Waals surface area contributed by atoms with E-state index in [0.29, 0.717) is 30.3 Å². The number of benzene rings is 1. The number of aromatic nitrogens is 1. The zero-order chi connectivity index (χ0) is 15.2. The molecule has 0 aliphatic carbocycles. The number of nitrogens with two attached hydrogens (primary N) is 1. The molecule has 0 saturated heterocycles. The Morgan fingerprint density at radius 1 is 1.38 bits per heavy atom. The lowest BCUT2D eigenvalue weighted by Crippen LogP contribution is -2.22. The second kappa shape index (κ2) is 6.71. The first-order valence-corrected chi connectivity index (χ1v) is 6.54. The Hall–Kier alpha value is -2.60. The van der Waals surface area contributed by atoms with Crippen LogP contribution in [0.25, 0.3) is 0 Å². The summed E-state index contributed by atoms with van der Waals surface area (Å²) >= 11 is 0. The first-order valence-electron chi connectivity index (χ1n) is 6.54. The Bertz CT molecular complexity index is 695. The van der Waals surface area contributed by atoms with Crippen LogP contribution in [0.3, 0.4) is 0 Å². The summed E-state index contributed by atoms with van der Waals surface area (Å²) < 4.78 is 5.45. The molecule has 1 amide bonds. The topological polar surface area (TPSA) is 97.2 Å². The van der Waals surface area contributed by atoms with Crippen molar-refractivity contribution in [3.05, 3.63) is 58.0 Å². The summed E-state index contributed by atoms with van der Waals surface area (Å²) in [6, 6.07) is 8.37. The molecule has 0 aliphatic heterocycles. The minimum atomic E-state index is -0.486. The van der Waals surface area contributed by atoms with Gasteiger partial charge in [-0.05, 0) is 19.1 Å². The van der Waals surface area contributed by atoms with E-state index < -0.39 is 5.91 Å². The van der Waals surface area contributed by atoms with E-state index in [4.69, 9.17) is 10.5 Å². The van der Waals surface area contributed by atoms with Gasteiger partial charge in [-0.1, -0.05) is 12.1 Å². The fourth-order valence-corrected chi connectivity index (χ4v) is 1.80. The lowest BCUT2D eigenvalue weighted by Gasteiger charge is -2.11. The Labute approximate surface area is 121 Å². The molecule has 21 heavy (non-hydrogen) atoms. The number of hydrogen-bond donors (Lipinski definition) is 3. The van der Waals surface area contributed by atoms with E-state index in [2.05, 4.69) is 10.3 Å². The highest BCUT2D eigenvalue weighted by Gasteiger charge is 2.12. The van der Waals surface area contributed by atoms with Gasteiger partial charge in [-0.25, -0.2) is 0 Å². The van der Waals surface area contributed by atoms with Crippen LogP contribution in [0.2, 0.25) is 0 Å². The highest BCUT2D eigenvalue weighted by atomic mass is 16.5. The average molecular weight is 287 g/mol. The third-order valence-electron chi connectivity index (χ3n) is 2.81. The second-order valence-electron chi connectivity index (χ2n) is 4.48. The molecule has 1 aromatic carbocycles. The van der Waals surface area contributed by atoms with Gasteiger partial charge >= 0.3 is 0 Å². The van der Waals surface area contributed by atoms with Crippen molar-refractivity contribution < 1.29 is 9.53 Å². The van der Waals surface area contributed by atoms with Gasteiger partial charge in [-0.2, -0.15) is 0 Å². The van der Waals surface area contributed by atoms with Crippen molar-refractivity contribution in [3.63, 3.8) is 0 Å². The quantitative estimate of drug-likeness (QED) is 0.771. The Morgan fingerprint density at radius 2 is 2.14 bits per heavy atom. The predicted octanol–water partition coefficient (Wildman–Crippen LogP) is 1.27. The predicted molar refractivity (Wildman–Crippen MR) is 80.7 cm³/mol. The number of carbonyl (C=O) groups excluding carboxylic acids is 1. The molecule has 0 bridgehead atoms. The molecule has 110 valence electrons. The van der Waals surface area contributed by atoms with E-state index >= 15 is 0 Å². The number of anilines is 1. The molecule has 0 spiro atoms. The van der Waals surface area contributed by atoms with Crippen LogP contribution < -0.4 is 21.2 Å². The molecule has 0 radical (unpaired) electrons. The fraction of sp³-hybridized carbons (Fsp3) is 0.200. The monoisotopic (exact) mass is 287 g/mol. The second-order valence-corrected chi connectivity index (χ2v) is 4.48. The largest absolute Gasteiger partial charge is 0.490 e. The van der Waals surface area contributed by atoms with Crippen molar-refractivity contribution in [3.8, 4) is 5.75 Å². The number of pyridine rings is 1. The highest BCUT2D eigenvalue weighted by Crippen LogP contribution is 2.23. The van der Waals surface area contributed by atoms with Crippen LogP contribution in [0.4, 0.5) is 5.69 Å². The number of amides is 1. The summed E-state index contributed by atoms with van der Waals surface area (Å²) in [5.74, 6) is 0.0277. The van der Waals surface area contributed by atoms with E-state index in [0.717, 1.165) is 0 Å². The molecule has 6 nitrogen and oxygen atoms in total. The fourth-order valence-electron chi connectivity index (χ4n) is 1.80. The average Bonchev–Trinajstić information content (AvgIpc) is 2.46. The molecule has 2 rings (SSSR count). The van der Waals surface area contributed by atoms with Gasteiger partial charge in [0.15, 0.2) is 5.43 Å². The maximum absolute atomic E-state index is 12.2. The number of rotatable bonds is 5. The number of para-hydroxylation sites is 2. The number of H-pyrrole nitrogens is 1. The minimum Gasteiger partial charge on any atom is -0.490 e. The number of carbonyl (C=O) groups is 1. The van der Waals surface area contributed by atoms with Gasteiger partial charge in [-0.15, -0.1) is 0 Å². The number of aryl methyl sites for hydroxylation is 1. The smallest absolute Gasteiger partial charge is 0.261 e. The van der Waals surface area contributed by atoms with Gasteiger partial charge in [0.05, 0.1) is 5.69 Å². The first kappa shape index (κ1) is 14.8. The molecule has 4 N–H and O–H groups in total. The maximum Gasteiger partial charge on any atom is 0.261 e. The number of aromatic amines is 1. The molecule has 6 heteroatoms. The van der Waals surface area contributed by atoms with E-state index in [1.54, 1.807) is 31.2 Å². The highest BCUT2D eigenvalue weighted by molar-refractivity contribution is 6.04. The molecule has 0 saturated carbocycles. The van der Waals surface area contributed by atoms with Crippen LogP contribution in [-0.4, -0.2) is 24.0 Å². The SMILES string of the molecule is Cc1cc(=O)c(C(=O)Nc2ccccc2OCCN)c[nH]1. The van der Waals surface area contributed by atoms with Crippen LogP contribution in [0.1, 0.15) is 16.1 Å². The zero-order valence-electron chi connectivity index (χ0n) is 11.7. The number of ether oxygens (including phenoxy) is 1.